The topological polar surface area (TPSA) is 44.1 Å². The Labute approximate surface area is 152 Å². The third-order valence-corrected chi connectivity index (χ3v) is 4.72. The zero-order valence-electron chi connectivity index (χ0n) is 15.0. The lowest BCUT2D eigenvalue weighted by Crippen LogP contribution is -2.28. The molecule has 0 amide bonds. The van der Waals surface area contributed by atoms with Crippen LogP contribution in [-0.2, 0) is 22.4 Å². The van der Waals surface area contributed by atoms with Crippen molar-refractivity contribution in [2.75, 3.05) is 7.11 Å². The standard InChI is InChI=1S/C17H19BrN2O2.C2H6/c1-10(2)16(17(21)22-3)20-15-7-4-11-8-12(18)5-6-13(11)14(15)9-19-20;1-2/h5-6,8-10,16H,4,7H2,1-3H3;1-2H3. The van der Waals surface area contributed by atoms with E-state index in [0.29, 0.717) is 0 Å². The highest BCUT2D eigenvalue weighted by Crippen LogP contribution is 2.36. The zero-order chi connectivity index (χ0) is 17.9. The molecule has 4 nitrogen and oxygen atoms in total. The summed E-state index contributed by atoms with van der Waals surface area (Å²) in [4.78, 5) is 12.1. The second-order valence-electron chi connectivity index (χ2n) is 5.96. The number of ether oxygens (including phenoxy) is 1. The number of rotatable bonds is 3. The highest BCUT2D eigenvalue weighted by molar-refractivity contribution is 9.10. The molecule has 0 radical (unpaired) electrons. The summed E-state index contributed by atoms with van der Waals surface area (Å²) in [5, 5.41) is 4.51. The van der Waals surface area contributed by atoms with Crippen LogP contribution in [0.2, 0.25) is 0 Å². The summed E-state index contributed by atoms with van der Waals surface area (Å²) >= 11 is 3.52. The molecule has 0 bridgehead atoms. The number of fused-ring (bicyclic) bond motifs is 3. The van der Waals surface area contributed by atoms with E-state index < -0.39 is 0 Å². The highest BCUT2D eigenvalue weighted by Gasteiger charge is 2.30. The molecule has 1 unspecified atom stereocenters. The molecule has 1 aromatic carbocycles. The number of halogens is 1. The number of hydrogen-bond donors (Lipinski definition) is 0. The summed E-state index contributed by atoms with van der Waals surface area (Å²) in [7, 11) is 1.43. The summed E-state index contributed by atoms with van der Waals surface area (Å²) in [6.45, 7) is 8.03. The van der Waals surface area contributed by atoms with Gasteiger partial charge >= 0.3 is 5.97 Å². The lowest BCUT2D eigenvalue weighted by molar-refractivity contribution is -0.146. The molecule has 0 saturated heterocycles. The SMILES string of the molecule is CC.COC(=O)C(C(C)C)n1ncc2c1CCc1cc(Br)ccc1-2. The van der Waals surface area contributed by atoms with Gasteiger partial charge in [-0.3, -0.25) is 4.68 Å². The van der Waals surface area contributed by atoms with E-state index in [9.17, 15) is 4.79 Å². The molecule has 0 saturated carbocycles. The molecule has 0 spiro atoms. The fraction of sp³-hybridized carbons (Fsp3) is 0.474. The van der Waals surface area contributed by atoms with Crippen LogP contribution in [0.1, 0.15) is 45.0 Å². The molecule has 130 valence electrons. The van der Waals surface area contributed by atoms with Gasteiger partial charge in [-0.05, 0) is 42.0 Å². The van der Waals surface area contributed by atoms with Crippen LogP contribution in [0.25, 0.3) is 11.1 Å². The molecule has 3 rings (SSSR count). The van der Waals surface area contributed by atoms with Crippen LogP contribution in [0.15, 0.2) is 28.9 Å². The minimum absolute atomic E-state index is 0.128. The maximum absolute atomic E-state index is 12.1. The Morgan fingerprint density at radius 1 is 1.25 bits per heavy atom. The number of aromatic nitrogens is 2. The van der Waals surface area contributed by atoms with Gasteiger partial charge in [0, 0.05) is 15.7 Å². The van der Waals surface area contributed by atoms with E-state index in [1.165, 1.54) is 18.2 Å². The molecule has 1 aromatic heterocycles. The lowest BCUT2D eigenvalue weighted by Gasteiger charge is -2.24. The average molecular weight is 393 g/mol. The Kier molecular flexibility index (Phi) is 6.21. The molecular weight excluding hydrogens is 368 g/mol. The Balaban J connectivity index is 0.00000100. The quantitative estimate of drug-likeness (QED) is 0.704. The highest BCUT2D eigenvalue weighted by atomic mass is 79.9. The summed E-state index contributed by atoms with van der Waals surface area (Å²) in [6, 6.07) is 5.96. The number of carbonyl (C=O) groups is 1. The van der Waals surface area contributed by atoms with Crippen LogP contribution < -0.4 is 0 Å². The number of aryl methyl sites for hydroxylation is 1. The number of nitrogens with zero attached hydrogens (tertiary/aromatic N) is 2. The maximum atomic E-state index is 12.1. The summed E-state index contributed by atoms with van der Waals surface area (Å²) < 4.78 is 7.92. The van der Waals surface area contributed by atoms with Crippen LogP contribution in [0, 0.1) is 5.92 Å². The second-order valence-corrected chi connectivity index (χ2v) is 6.88. The van der Waals surface area contributed by atoms with Crippen molar-refractivity contribution in [3.63, 3.8) is 0 Å². The van der Waals surface area contributed by atoms with Crippen molar-refractivity contribution in [3.05, 3.63) is 40.1 Å². The van der Waals surface area contributed by atoms with Gasteiger partial charge in [0.25, 0.3) is 0 Å². The normalized spacial score (nSPS) is 13.5. The number of methoxy groups -OCH3 is 1. The van der Waals surface area contributed by atoms with Crippen molar-refractivity contribution in [2.45, 2.75) is 46.6 Å². The van der Waals surface area contributed by atoms with Gasteiger partial charge in [-0.25, -0.2) is 4.79 Å². The summed E-state index contributed by atoms with van der Waals surface area (Å²) in [6.07, 6.45) is 3.72. The van der Waals surface area contributed by atoms with Crippen LogP contribution in [0.3, 0.4) is 0 Å². The van der Waals surface area contributed by atoms with E-state index in [2.05, 4.69) is 33.2 Å². The van der Waals surface area contributed by atoms with E-state index in [1.54, 1.807) is 0 Å². The zero-order valence-corrected chi connectivity index (χ0v) is 16.6. The third kappa shape index (κ3) is 3.41. The smallest absolute Gasteiger partial charge is 0.330 e. The van der Waals surface area contributed by atoms with Crippen LogP contribution in [0.5, 0.6) is 0 Å². The molecule has 0 fully saturated rings. The Morgan fingerprint density at radius 3 is 2.58 bits per heavy atom. The largest absolute Gasteiger partial charge is 0.467 e. The van der Waals surface area contributed by atoms with Crippen molar-refractivity contribution in [1.29, 1.82) is 0 Å². The molecular formula is C19H25BrN2O2. The Morgan fingerprint density at radius 2 is 1.96 bits per heavy atom. The first-order valence-electron chi connectivity index (χ1n) is 8.46. The van der Waals surface area contributed by atoms with Crippen LogP contribution >= 0.6 is 15.9 Å². The van der Waals surface area contributed by atoms with E-state index >= 15 is 0 Å². The minimum Gasteiger partial charge on any atom is -0.467 e. The van der Waals surface area contributed by atoms with Gasteiger partial charge in [0.05, 0.1) is 13.3 Å². The fourth-order valence-electron chi connectivity index (χ4n) is 3.16. The fourth-order valence-corrected chi connectivity index (χ4v) is 3.57. The Hall–Kier alpha value is -1.62. The van der Waals surface area contributed by atoms with E-state index in [4.69, 9.17) is 4.74 Å². The molecule has 2 aromatic rings. The van der Waals surface area contributed by atoms with Crippen LogP contribution in [0.4, 0.5) is 0 Å². The molecule has 1 heterocycles. The maximum Gasteiger partial charge on any atom is 0.330 e. The molecule has 1 aliphatic carbocycles. The molecule has 0 aliphatic heterocycles. The summed E-state index contributed by atoms with van der Waals surface area (Å²) in [5.74, 6) is -0.106. The number of esters is 1. The molecule has 1 atom stereocenters. The third-order valence-electron chi connectivity index (χ3n) is 4.22. The minimum atomic E-state index is -0.370. The van der Waals surface area contributed by atoms with Gasteiger partial charge < -0.3 is 4.74 Å². The van der Waals surface area contributed by atoms with Gasteiger partial charge in [0.2, 0.25) is 0 Å². The predicted octanol–water partition coefficient (Wildman–Crippen LogP) is 4.81. The number of hydrogen-bond acceptors (Lipinski definition) is 3. The Bertz CT molecular complexity index is 722. The molecule has 0 N–H and O–H groups in total. The molecule has 24 heavy (non-hydrogen) atoms. The van der Waals surface area contributed by atoms with E-state index in [-0.39, 0.29) is 17.9 Å². The number of carbonyl (C=O) groups excluding carboxylic acids is 1. The van der Waals surface area contributed by atoms with Crippen LogP contribution in [-0.4, -0.2) is 22.9 Å². The van der Waals surface area contributed by atoms with Gasteiger partial charge in [-0.15, -0.1) is 0 Å². The summed E-state index contributed by atoms with van der Waals surface area (Å²) in [5.41, 5.74) is 4.78. The number of benzene rings is 1. The second kappa shape index (κ2) is 7.97. The first-order chi connectivity index (χ1) is 11.5. The van der Waals surface area contributed by atoms with Crippen molar-refractivity contribution in [2.24, 2.45) is 5.92 Å². The van der Waals surface area contributed by atoms with E-state index in [0.717, 1.165) is 28.6 Å². The monoisotopic (exact) mass is 392 g/mol. The van der Waals surface area contributed by atoms with Gasteiger partial charge in [-0.2, -0.15) is 5.10 Å². The first kappa shape index (κ1) is 18.7. The van der Waals surface area contributed by atoms with Gasteiger partial charge in [0.1, 0.15) is 0 Å². The lowest BCUT2D eigenvalue weighted by atomic mass is 9.89. The molecule has 5 heteroatoms. The average Bonchev–Trinajstić information content (AvgIpc) is 3.00. The van der Waals surface area contributed by atoms with Gasteiger partial charge in [0.15, 0.2) is 6.04 Å². The van der Waals surface area contributed by atoms with Crippen molar-refractivity contribution < 1.29 is 9.53 Å². The predicted molar refractivity (Wildman–Crippen MR) is 100 cm³/mol. The molecule has 1 aliphatic rings. The van der Waals surface area contributed by atoms with Gasteiger partial charge in [-0.1, -0.05) is 49.7 Å². The van der Waals surface area contributed by atoms with Crippen molar-refractivity contribution in [1.82, 2.24) is 9.78 Å². The van der Waals surface area contributed by atoms with Crippen molar-refractivity contribution >= 4 is 21.9 Å². The van der Waals surface area contributed by atoms with E-state index in [1.807, 2.05) is 44.6 Å². The van der Waals surface area contributed by atoms with Crippen molar-refractivity contribution in [3.8, 4) is 11.1 Å². The first-order valence-corrected chi connectivity index (χ1v) is 9.25.